The summed E-state index contributed by atoms with van der Waals surface area (Å²) >= 11 is 3.25. The average Bonchev–Trinajstić information content (AvgIpc) is 2.38. The van der Waals surface area contributed by atoms with Gasteiger partial charge in [-0.1, -0.05) is 6.07 Å². The molecule has 2 rings (SSSR count). The van der Waals surface area contributed by atoms with Crippen molar-refractivity contribution in [1.29, 1.82) is 0 Å². The van der Waals surface area contributed by atoms with Crippen molar-refractivity contribution in [3.8, 4) is 0 Å². The molecule has 90 valence electrons. The van der Waals surface area contributed by atoms with Crippen molar-refractivity contribution in [3.63, 3.8) is 0 Å². The fourth-order valence-corrected chi connectivity index (χ4v) is 1.57. The topological polar surface area (TPSA) is 62.5 Å². The van der Waals surface area contributed by atoms with E-state index in [4.69, 9.17) is 5.11 Å². The lowest BCUT2D eigenvalue weighted by Gasteiger charge is -1.97. The third-order valence-corrected chi connectivity index (χ3v) is 2.68. The first kappa shape index (κ1) is 12.4. The lowest BCUT2D eigenvalue weighted by molar-refractivity contribution is 0.0697. The Morgan fingerprint density at radius 2 is 2.17 bits per heavy atom. The van der Waals surface area contributed by atoms with Crippen molar-refractivity contribution >= 4 is 33.8 Å². The first-order valence-corrected chi connectivity index (χ1v) is 5.93. The SMILES string of the molecule is O=C(O)c1cccc(N=Cc2ccc(Br)nc2)c1. The summed E-state index contributed by atoms with van der Waals surface area (Å²) in [6.45, 7) is 0. The minimum absolute atomic E-state index is 0.221. The van der Waals surface area contributed by atoms with Gasteiger partial charge in [0.15, 0.2) is 0 Å². The minimum atomic E-state index is -0.961. The number of nitrogens with zero attached hydrogens (tertiary/aromatic N) is 2. The van der Waals surface area contributed by atoms with Crippen LogP contribution in [0.2, 0.25) is 0 Å². The van der Waals surface area contributed by atoms with Gasteiger partial charge >= 0.3 is 5.97 Å². The van der Waals surface area contributed by atoms with Gasteiger partial charge in [0.1, 0.15) is 4.60 Å². The third kappa shape index (κ3) is 3.24. The highest BCUT2D eigenvalue weighted by Gasteiger charge is 2.01. The van der Waals surface area contributed by atoms with E-state index in [9.17, 15) is 4.79 Å². The maximum Gasteiger partial charge on any atom is 0.335 e. The molecule has 0 bridgehead atoms. The van der Waals surface area contributed by atoms with Gasteiger partial charge in [-0.15, -0.1) is 0 Å². The summed E-state index contributed by atoms with van der Waals surface area (Å²) in [5.74, 6) is -0.961. The Bertz CT molecular complexity index is 594. The Morgan fingerprint density at radius 1 is 1.33 bits per heavy atom. The molecule has 1 heterocycles. The maximum atomic E-state index is 10.8. The zero-order valence-corrected chi connectivity index (χ0v) is 10.8. The summed E-state index contributed by atoms with van der Waals surface area (Å²) in [6, 6.07) is 10.1. The molecule has 1 aromatic heterocycles. The number of pyridine rings is 1. The van der Waals surface area contributed by atoms with Gasteiger partial charge in [0.2, 0.25) is 0 Å². The molecule has 0 spiro atoms. The van der Waals surface area contributed by atoms with E-state index in [2.05, 4.69) is 25.9 Å². The lowest BCUT2D eigenvalue weighted by atomic mass is 10.2. The predicted molar refractivity (Wildman–Crippen MR) is 72.6 cm³/mol. The van der Waals surface area contributed by atoms with E-state index < -0.39 is 5.97 Å². The van der Waals surface area contributed by atoms with Crippen LogP contribution in [0.3, 0.4) is 0 Å². The molecule has 0 aliphatic rings. The molecule has 0 radical (unpaired) electrons. The number of hydrogen-bond donors (Lipinski definition) is 1. The molecule has 18 heavy (non-hydrogen) atoms. The highest BCUT2D eigenvalue weighted by atomic mass is 79.9. The van der Waals surface area contributed by atoms with Crippen LogP contribution in [0.15, 0.2) is 52.2 Å². The molecule has 2 aromatic rings. The first-order chi connectivity index (χ1) is 8.65. The summed E-state index contributed by atoms with van der Waals surface area (Å²) in [7, 11) is 0. The number of hydrogen-bond acceptors (Lipinski definition) is 3. The van der Waals surface area contributed by atoms with Gasteiger partial charge in [-0.3, -0.25) is 4.99 Å². The number of aliphatic imine (C=N–C) groups is 1. The van der Waals surface area contributed by atoms with E-state index in [1.54, 1.807) is 24.5 Å². The van der Waals surface area contributed by atoms with Crippen molar-refractivity contribution in [3.05, 3.63) is 58.3 Å². The fourth-order valence-electron chi connectivity index (χ4n) is 1.33. The van der Waals surface area contributed by atoms with Crippen molar-refractivity contribution in [2.45, 2.75) is 0 Å². The van der Waals surface area contributed by atoms with Crippen molar-refractivity contribution in [1.82, 2.24) is 4.98 Å². The number of carbonyl (C=O) groups is 1. The zero-order chi connectivity index (χ0) is 13.0. The zero-order valence-electron chi connectivity index (χ0n) is 9.25. The molecule has 0 unspecified atom stereocenters. The third-order valence-electron chi connectivity index (χ3n) is 2.21. The smallest absolute Gasteiger partial charge is 0.335 e. The van der Waals surface area contributed by atoms with Crippen LogP contribution in [0.4, 0.5) is 5.69 Å². The molecular weight excluding hydrogens is 296 g/mol. The van der Waals surface area contributed by atoms with Gasteiger partial charge in [0.25, 0.3) is 0 Å². The van der Waals surface area contributed by atoms with Crippen LogP contribution >= 0.6 is 15.9 Å². The van der Waals surface area contributed by atoms with E-state index >= 15 is 0 Å². The average molecular weight is 305 g/mol. The van der Waals surface area contributed by atoms with Gasteiger partial charge in [-0.05, 0) is 46.3 Å². The Balaban J connectivity index is 2.20. The Kier molecular flexibility index (Phi) is 3.84. The summed E-state index contributed by atoms with van der Waals surface area (Å²) in [5.41, 5.74) is 1.66. The highest BCUT2D eigenvalue weighted by molar-refractivity contribution is 9.10. The largest absolute Gasteiger partial charge is 0.478 e. The number of rotatable bonds is 3. The molecular formula is C13H9BrN2O2. The number of carboxylic acid groups (broad SMARTS) is 1. The normalized spacial score (nSPS) is 10.7. The van der Waals surface area contributed by atoms with Crippen LogP contribution in [0.25, 0.3) is 0 Å². The van der Waals surface area contributed by atoms with Crippen molar-refractivity contribution in [2.24, 2.45) is 4.99 Å². The molecule has 0 amide bonds. The lowest BCUT2D eigenvalue weighted by Crippen LogP contribution is -1.94. The highest BCUT2D eigenvalue weighted by Crippen LogP contribution is 2.14. The molecule has 0 aliphatic heterocycles. The molecule has 0 atom stereocenters. The predicted octanol–water partition coefficient (Wildman–Crippen LogP) is 3.29. The van der Waals surface area contributed by atoms with Crippen LogP contribution in [-0.2, 0) is 0 Å². The monoisotopic (exact) mass is 304 g/mol. The van der Waals surface area contributed by atoms with Gasteiger partial charge in [-0.2, -0.15) is 0 Å². The molecule has 1 aromatic carbocycles. The minimum Gasteiger partial charge on any atom is -0.478 e. The van der Waals surface area contributed by atoms with E-state index in [-0.39, 0.29) is 5.56 Å². The molecule has 1 N–H and O–H groups in total. The van der Waals surface area contributed by atoms with Gasteiger partial charge in [-0.25, -0.2) is 9.78 Å². The van der Waals surface area contributed by atoms with Crippen LogP contribution in [0.5, 0.6) is 0 Å². The molecule has 0 fully saturated rings. The first-order valence-electron chi connectivity index (χ1n) is 5.14. The Labute approximate surface area is 112 Å². The van der Waals surface area contributed by atoms with E-state index in [0.717, 1.165) is 10.2 Å². The van der Waals surface area contributed by atoms with E-state index in [0.29, 0.717) is 5.69 Å². The fraction of sp³-hybridized carbons (Fsp3) is 0. The number of carboxylic acids is 1. The summed E-state index contributed by atoms with van der Waals surface area (Å²) in [4.78, 5) is 19.1. The van der Waals surface area contributed by atoms with Crippen LogP contribution in [0, 0.1) is 0 Å². The number of benzene rings is 1. The van der Waals surface area contributed by atoms with Gasteiger partial charge in [0.05, 0.1) is 11.3 Å². The van der Waals surface area contributed by atoms with Crippen LogP contribution in [0.1, 0.15) is 15.9 Å². The molecule has 0 aliphatic carbocycles. The van der Waals surface area contributed by atoms with Crippen molar-refractivity contribution < 1.29 is 9.90 Å². The maximum absolute atomic E-state index is 10.8. The standard InChI is InChI=1S/C13H9BrN2O2/c14-12-5-4-9(8-16-12)7-15-11-3-1-2-10(6-11)13(17)18/h1-8H,(H,17,18). The van der Waals surface area contributed by atoms with Gasteiger partial charge in [0, 0.05) is 18.0 Å². The molecule has 0 saturated heterocycles. The second-order valence-corrected chi connectivity index (χ2v) is 4.34. The molecule has 0 saturated carbocycles. The summed E-state index contributed by atoms with van der Waals surface area (Å²) in [5, 5.41) is 8.86. The molecule has 4 nitrogen and oxygen atoms in total. The molecule has 5 heteroatoms. The van der Waals surface area contributed by atoms with Crippen LogP contribution in [-0.4, -0.2) is 22.3 Å². The Hall–Kier alpha value is -2.01. The van der Waals surface area contributed by atoms with E-state index in [1.807, 2.05) is 12.1 Å². The quantitative estimate of drug-likeness (QED) is 0.699. The Morgan fingerprint density at radius 3 is 2.83 bits per heavy atom. The second-order valence-electron chi connectivity index (χ2n) is 3.53. The number of halogens is 1. The van der Waals surface area contributed by atoms with Crippen molar-refractivity contribution in [2.75, 3.05) is 0 Å². The summed E-state index contributed by atoms with van der Waals surface area (Å²) in [6.07, 6.45) is 3.31. The second kappa shape index (κ2) is 5.55. The summed E-state index contributed by atoms with van der Waals surface area (Å²) < 4.78 is 0.757. The number of aromatic nitrogens is 1. The van der Waals surface area contributed by atoms with Gasteiger partial charge < -0.3 is 5.11 Å². The van der Waals surface area contributed by atoms with E-state index in [1.165, 1.54) is 12.1 Å². The van der Waals surface area contributed by atoms with Crippen LogP contribution < -0.4 is 0 Å². The number of aromatic carboxylic acids is 1.